The summed E-state index contributed by atoms with van der Waals surface area (Å²) in [6.45, 7) is 0. The first-order valence-electron chi connectivity index (χ1n) is 5.69. The maximum Gasteiger partial charge on any atom is 0.123 e. The van der Waals surface area contributed by atoms with Crippen LogP contribution in [-0.4, -0.2) is 0 Å². The number of hydrogen-bond donors (Lipinski definition) is 0. The van der Waals surface area contributed by atoms with Gasteiger partial charge in [-0.05, 0) is 41.8 Å². The van der Waals surface area contributed by atoms with Crippen molar-refractivity contribution in [1.82, 2.24) is 0 Å². The van der Waals surface area contributed by atoms with Crippen LogP contribution in [0.25, 0.3) is 0 Å². The van der Waals surface area contributed by atoms with Crippen LogP contribution in [0, 0.1) is 17.1 Å². The van der Waals surface area contributed by atoms with E-state index in [1.807, 2.05) is 0 Å². The summed E-state index contributed by atoms with van der Waals surface area (Å²) < 4.78 is 13.2. The van der Waals surface area contributed by atoms with E-state index in [9.17, 15) is 9.65 Å². The lowest BCUT2D eigenvalue weighted by Crippen LogP contribution is -2.01. The molecule has 0 spiro atoms. The Labute approximate surface area is 121 Å². The molecular weight excluding hydrogens is 284 g/mol. The highest BCUT2D eigenvalue weighted by molar-refractivity contribution is 6.35. The molecule has 0 amide bonds. The van der Waals surface area contributed by atoms with Crippen molar-refractivity contribution in [2.24, 2.45) is 0 Å². The van der Waals surface area contributed by atoms with E-state index in [1.165, 1.54) is 12.1 Å². The summed E-state index contributed by atoms with van der Waals surface area (Å²) in [6, 6.07) is 13.4. The number of nitriles is 1. The normalized spacial score (nSPS) is 11.9. The van der Waals surface area contributed by atoms with Gasteiger partial charge >= 0.3 is 0 Å². The van der Waals surface area contributed by atoms with Gasteiger partial charge in [-0.2, -0.15) is 5.26 Å². The molecule has 2 aromatic rings. The molecule has 0 fully saturated rings. The molecule has 2 aromatic carbocycles. The fraction of sp³-hybridized carbons (Fsp3) is 0.133. The zero-order chi connectivity index (χ0) is 13.8. The van der Waals surface area contributed by atoms with E-state index in [1.54, 1.807) is 30.3 Å². The number of halogens is 3. The molecule has 0 aliphatic rings. The van der Waals surface area contributed by atoms with Crippen LogP contribution in [0.15, 0.2) is 42.5 Å². The average Bonchev–Trinajstić information content (AvgIpc) is 2.38. The first kappa shape index (κ1) is 13.9. The molecule has 0 radical (unpaired) electrons. The molecular formula is C15H10Cl2FN. The lowest BCUT2D eigenvalue weighted by Gasteiger charge is -2.11. The van der Waals surface area contributed by atoms with Gasteiger partial charge in [0.1, 0.15) is 5.82 Å². The van der Waals surface area contributed by atoms with Crippen molar-refractivity contribution in [3.8, 4) is 6.07 Å². The van der Waals surface area contributed by atoms with Crippen LogP contribution in [0.4, 0.5) is 4.39 Å². The molecule has 0 heterocycles. The van der Waals surface area contributed by atoms with Gasteiger partial charge in [0.15, 0.2) is 0 Å². The Morgan fingerprint density at radius 3 is 2.58 bits per heavy atom. The SMILES string of the molecule is N#CC(Cc1ccc(Cl)cc1Cl)c1cccc(F)c1. The number of nitrogens with zero attached hydrogens (tertiary/aromatic N) is 1. The summed E-state index contributed by atoms with van der Waals surface area (Å²) in [6.07, 6.45) is 0.427. The molecule has 1 atom stereocenters. The largest absolute Gasteiger partial charge is 0.207 e. The zero-order valence-electron chi connectivity index (χ0n) is 9.91. The van der Waals surface area contributed by atoms with Gasteiger partial charge in [-0.1, -0.05) is 41.4 Å². The minimum Gasteiger partial charge on any atom is -0.207 e. The Balaban J connectivity index is 2.27. The van der Waals surface area contributed by atoms with E-state index in [0.717, 1.165) is 5.56 Å². The van der Waals surface area contributed by atoms with Gasteiger partial charge in [0.05, 0.1) is 12.0 Å². The van der Waals surface area contributed by atoms with E-state index in [2.05, 4.69) is 6.07 Å². The van der Waals surface area contributed by atoms with Crippen molar-refractivity contribution < 1.29 is 4.39 Å². The predicted molar refractivity (Wildman–Crippen MR) is 74.9 cm³/mol. The van der Waals surface area contributed by atoms with Crippen molar-refractivity contribution >= 4 is 23.2 Å². The van der Waals surface area contributed by atoms with Crippen molar-refractivity contribution in [1.29, 1.82) is 5.26 Å². The first-order valence-corrected chi connectivity index (χ1v) is 6.45. The molecule has 0 N–H and O–H groups in total. The third-order valence-corrected chi connectivity index (χ3v) is 3.43. The molecule has 96 valence electrons. The van der Waals surface area contributed by atoms with Gasteiger partial charge in [-0.15, -0.1) is 0 Å². The van der Waals surface area contributed by atoms with E-state index in [-0.39, 0.29) is 5.82 Å². The summed E-state index contributed by atoms with van der Waals surface area (Å²) in [5.41, 5.74) is 1.47. The molecule has 0 saturated carbocycles. The molecule has 0 saturated heterocycles. The predicted octanol–water partition coefficient (Wildman–Crippen LogP) is 4.98. The van der Waals surface area contributed by atoms with Gasteiger partial charge < -0.3 is 0 Å². The molecule has 0 aliphatic heterocycles. The molecule has 0 aliphatic carbocycles. The van der Waals surface area contributed by atoms with E-state index in [0.29, 0.717) is 22.0 Å². The quantitative estimate of drug-likeness (QED) is 0.783. The second-order valence-electron chi connectivity index (χ2n) is 4.18. The number of rotatable bonds is 3. The lowest BCUT2D eigenvalue weighted by molar-refractivity contribution is 0.623. The van der Waals surface area contributed by atoms with E-state index < -0.39 is 5.92 Å². The zero-order valence-corrected chi connectivity index (χ0v) is 11.4. The molecule has 2 rings (SSSR count). The molecule has 0 bridgehead atoms. The van der Waals surface area contributed by atoms with Crippen LogP contribution in [-0.2, 0) is 6.42 Å². The van der Waals surface area contributed by atoms with E-state index in [4.69, 9.17) is 23.2 Å². The minimum atomic E-state index is -0.436. The van der Waals surface area contributed by atoms with Crippen LogP contribution >= 0.6 is 23.2 Å². The average molecular weight is 294 g/mol. The Kier molecular flexibility index (Phi) is 4.42. The molecule has 1 unspecified atom stereocenters. The Morgan fingerprint density at radius 1 is 1.16 bits per heavy atom. The third kappa shape index (κ3) is 3.47. The van der Waals surface area contributed by atoms with Gasteiger partial charge in [-0.3, -0.25) is 0 Å². The monoisotopic (exact) mass is 293 g/mol. The molecule has 1 nitrogen and oxygen atoms in total. The number of benzene rings is 2. The van der Waals surface area contributed by atoms with E-state index >= 15 is 0 Å². The third-order valence-electron chi connectivity index (χ3n) is 2.85. The van der Waals surface area contributed by atoms with Crippen molar-refractivity contribution in [2.75, 3.05) is 0 Å². The maximum absolute atomic E-state index is 13.2. The highest BCUT2D eigenvalue weighted by Crippen LogP contribution is 2.27. The molecule has 19 heavy (non-hydrogen) atoms. The van der Waals surface area contributed by atoms with Crippen LogP contribution in [0.5, 0.6) is 0 Å². The summed E-state index contributed by atoms with van der Waals surface area (Å²) >= 11 is 11.9. The Hall–Kier alpha value is -1.56. The van der Waals surface area contributed by atoms with Crippen LogP contribution in [0.2, 0.25) is 10.0 Å². The minimum absolute atomic E-state index is 0.347. The molecule has 4 heteroatoms. The van der Waals surface area contributed by atoms with Crippen LogP contribution < -0.4 is 0 Å². The second-order valence-corrected chi connectivity index (χ2v) is 5.02. The summed E-state index contributed by atoms with van der Waals surface area (Å²) in [5, 5.41) is 10.3. The smallest absolute Gasteiger partial charge is 0.123 e. The lowest BCUT2D eigenvalue weighted by atomic mass is 9.93. The van der Waals surface area contributed by atoms with Crippen LogP contribution in [0.3, 0.4) is 0 Å². The highest BCUT2D eigenvalue weighted by atomic mass is 35.5. The summed E-state index contributed by atoms with van der Waals surface area (Å²) in [7, 11) is 0. The maximum atomic E-state index is 13.2. The fourth-order valence-electron chi connectivity index (χ4n) is 1.87. The van der Waals surface area contributed by atoms with Gasteiger partial charge in [-0.25, -0.2) is 4.39 Å². The molecule has 0 aromatic heterocycles. The Morgan fingerprint density at radius 2 is 1.95 bits per heavy atom. The van der Waals surface area contributed by atoms with Crippen LogP contribution in [0.1, 0.15) is 17.0 Å². The topological polar surface area (TPSA) is 23.8 Å². The van der Waals surface area contributed by atoms with Gasteiger partial charge in [0.25, 0.3) is 0 Å². The Bertz CT molecular complexity index is 634. The van der Waals surface area contributed by atoms with Gasteiger partial charge in [0.2, 0.25) is 0 Å². The summed E-state index contributed by atoms with van der Waals surface area (Å²) in [4.78, 5) is 0. The fourth-order valence-corrected chi connectivity index (χ4v) is 2.35. The highest BCUT2D eigenvalue weighted by Gasteiger charge is 2.14. The van der Waals surface area contributed by atoms with Crippen molar-refractivity contribution in [3.63, 3.8) is 0 Å². The standard InChI is InChI=1S/C15H10Cl2FN/c16-13-5-4-11(15(17)8-13)6-12(9-19)10-2-1-3-14(18)7-10/h1-5,7-8,12H,6H2. The summed E-state index contributed by atoms with van der Waals surface area (Å²) in [5.74, 6) is -0.783. The van der Waals surface area contributed by atoms with Gasteiger partial charge in [0, 0.05) is 10.0 Å². The number of hydrogen-bond acceptors (Lipinski definition) is 1. The second kappa shape index (κ2) is 6.06. The van der Waals surface area contributed by atoms with Crippen molar-refractivity contribution in [3.05, 3.63) is 69.5 Å². The first-order chi connectivity index (χ1) is 9.10. The van der Waals surface area contributed by atoms with Crippen molar-refractivity contribution in [2.45, 2.75) is 12.3 Å².